The number of methoxy groups -OCH3 is 2. The van der Waals surface area contributed by atoms with Gasteiger partial charge in [0.2, 0.25) is 0 Å². The standard InChI is InChI=1S/C8H7F2IO2/c1-12-7-4(9)3-5(10)8(13-2)6(7)11/h3H,1-2H3. The summed E-state index contributed by atoms with van der Waals surface area (Å²) >= 11 is 1.76. The van der Waals surface area contributed by atoms with Gasteiger partial charge in [-0.15, -0.1) is 0 Å². The van der Waals surface area contributed by atoms with E-state index < -0.39 is 11.6 Å². The highest BCUT2D eigenvalue weighted by Crippen LogP contribution is 2.34. The summed E-state index contributed by atoms with van der Waals surface area (Å²) in [6.07, 6.45) is 0. The molecule has 1 aromatic carbocycles. The first kappa shape index (κ1) is 10.5. The van der Waals surface area contributed by atoms with Gasteiger partial charge < -0.3 is 9.47 Å². The van der Waals surface area contributed by atoms with E-state index in [0.29, 0.717) is 3.57 Å². The summed E-state index contributed by atoms with van der Waals surface area (Å²) in [4.78, 5) is 0. The van der Waals surface area contributed by atoms with Crippen molar-refractivity contribution in [3.05, 3.63) is 21.3 Å². The maximum absolute atomic E-state index is 13.0. The monoisotopic (exact) mass is 300 g/mol. The lowest BCUT2D eigenvalue weighted by molar-refractivity contribution is 0.352. The molecule has 0 bridgehead atoms. The number of hydrogen-bond acceptors (Lipinski definition) is 2. The van der Waals surface area contributed by atoms with Crippen LogP contribution >= 0.6 is 22.6 Å². The first-order chi connectivity index (χ1) is 6.11. The molecular formula is C8H7F2IO2. The molecule has 0 spiro atoms. The molecule has 0 aliphatic heterocycles. The fourth-order valence-electron chi connectivity index (χ4n) is 0.929. The van der Waals surface area contributed by atoms with Crippen LogP contribution in [0.5, 0.6) is 11.5 Å². The van der Waals surface area contributed by atoms with Crippen molar-refractivity contribution >= 4 is 22.6 Å². The smallest absolute Gasteiger partial charge is 0.171 e. The van der Waals surface area contributed by atoms with Crippen molar-refractivity contribution in [2.45, 2.75) is 0 Å². The van der Waals surface area contributed by atoms with Crippen LogP contribution in [0.15, 0.2) is 6.07 Å². The van der Waals surface area contributed by atoms with E-state index in [2.05, 4.69) is 0 Å². The van der Waals surface area contributed by atoms with E-state index in [4.69, 9.17) is 9.47 Å². The molecular weight excluding hydrogens is 293 g/mol. The molecule has 0 aliphatic rings. The molecule has 0 heterocycles. The van der Waals surface area contributed by atoms with Crippen molar-refractivity contribution in [3.63, 3.8) is 0 Å². The molecule has 0 aliphatic carbocycles. The summed E-state index contributed by atoms with van der Waals surface area (Å²) < 4.78 is 35.8. The van der Waals surface area contributed by atoms with Crippen LogP contribution in [0.3, 0.4) is 0 Å². The molecule has 0 aromatic heterocycles. The number of benzene rings is 1. The van der Waals surface area contributed by atoms with Crippen molar-refractivity contribution in [2.75, 3.05) is 14.2 Å². The third-order valence-electron chi connectivity index (χ3n) is 1.49. The van der Waals surface area contributed by atoms with Gasteiger partial charge in [0.1, 0.15) is 3.57 Å². The zero-order valence-corrected chi connectivity index (χ0v) is 9.19. The Morgan fingerprint density at radius 1 is 1.08 bits per heavy atom. The Kier molecular flexibility index (Phi) is 3.29. The molecule has 2 nitrogen and oxygen atoms in total. The molecule has 0 N–H and O–H groups in total. The van der Waals surface area contributed by atoms with Crippen molar-refractivity contribution in [1.82, 2.24) is 0 Å². The van der Waals surface area contributed by atoms with Gasteiger partial charge in [-0.2, -0.15) is 0 Å². The fraction of sp³-hybridized carbons (Fsp3) is 0.250. The quantitative estimate of drug-likeness (QED) is 0.782. The van der Waals surface area contributed by atoms with Crippen molar-refractivity contribution < 1.29 is 18.3 Å². The van der Waals surface area contributed by atoms with Crippen molar-refractivity contribution in [2.24, 2.45) is 0 Å². The normalized spacial score (nSPS) is 9.92. The largest absolute Gasteiger partial charge is 0.492 e. The highest BCUT2D eigenvalue weighted by atomic mass is 127. The Morgan fingerprint density at radius 2 is 1.46 bits per heavy atom. The van der Waals surface area contributed by atoms with Crippen LogP contribution in [0.2, 0.25) is 0 Å². The fourth-order valence-corrected chi connectivity index (χ4v) is 1.89. The Morgan fingerprint density at radius 3 is 1.77 bits per heavy atom. The first-order valence-corrected chi connectivity index (χ1v) is 4.45. The third-order valence-corrected chi connectivity index (χ3v) is 2.47. The predicted octanol–water partition coefficient (Wildman–Crippen LogP) is 2.59. The van der Waals surface area contributed by atoms with Crippen LogP contribution in [-0.4, -0.2) is 14.2 Å². The second-order valence-corrected chi connectivity index (χ2v) is 3.30. The highest BCUT2D eigenvalue weighted by Gasteiger charge is 2.17. The molecule has 0 fully saturated rings. The van der Waals surface area contributed by atoms with Crippen LogP contribution in [0.1, 0.15) is 0 Å². The van der Waals surface area contributed by atoms with E-state index in [1.165, 1.54) is 14.2 Å². The molecule has 0 amide bonds. The molecule has 0 atom stereocenters. The van der Waals surface area contributed by atoms with Gasteiger partial charge in [-0.3, -0.25) is 0 Å². The second-order valence-electron chi connectivity index (χ2n) is 2.22. The first-order valence-electron chi connectivity index (χ1n) is 3.37. The van der Waals surface area contributed by atoms with Crippen LogP contribution in [0.4, 0.5) is 8.78 Å². The lowest BCUT2D eigenvalue weighted by Crippen LogP contribution is -1.98. The van der Waals surface area contributed by atoms with E-state index in [1.54, 1.807) is 22.6 Å². The molecule has 0 saturated carbocycles. The van der Waals surface area contributed by atoms with Gasteiger partial charge in [-0.25, -0.2) is 8.78 Å². The molecule has 1 aromatic rings. The van der Waals surface area contributed by atoms with Crippen LogP contribution in [0.25, 0.3) is 0 Å². The minimum atomic E-state index is -0.731. The third kappa shape index (κ3) is 1.84. The van der Waals surface area contributed by atoms with Gasteiger partial charge in [-0.05, 0) is 22.6 Å². The zero-order chi connectivity index (χ0) is 10.0. The SMILES string of the molecule is COc1c(F)cc(F)c(OC)c1I. The Bertz CT molecular complexity index is 300. The summed E-state index contributed by atoms with van der Waals surface area (Å²) in [6.45, 7) is 0. The Hall–Kier alpha value is -0.590. The lowest BCUT2D eigenvalue weighted by atomic mass is 10.3. The van der Waals surface area contributed by atoms with Crippen molar-refractivity contribution in [3.8, 4) is 11.5 Å². The number of halogens is 3. The number of ether oxygens (including phenoxy) is 2. The van der Waals surface area contributed by atoms with Gasteiger partial charge in [0.25, 0.3) is 0 Å². The van der Waals surface area contributed by atoms with Crippen molar-refractivity contribution in [1.29, 1.82) is 0 Å². The van der Waals surface area contributed by atoms with Gasteiger partial charge in [0.15, 0.2) is 23.1 Å². The molecule has 0 unspecified atom stereocenters. The van der Waals surface area contributed by atoms with Crippen LogP contribution < -0.4 is 9.47 Å². The topological polar surface area (TPSA) is 18.5 Å². The summed E-state index contributed by atoms with van der Waals surface area (Å²) in [5.74, 6) is -1.46. The highest BCUT2D eigenvalue weighted by molar-refractivity contribution is 14.1. The summed E-state index contributed by atoms with van der Waals surface area (Å²) in [7, 11) is 2.63. The van der Waals surface area contributed by atoms with E-state index in [-0.39, 0.29) is 11.5 Å². The summed E-state index contributed by atoms with van der Waals surface area (Å²) in [5, 5.41) is 0. The van der Waals surface area contributed by atoms with Crippen LogP contribution in [-0.2, 0) is 0 Å². The molecule has 0 saturated heterocycles. The average Bonchev–Trinajstić information content (AvgIpc) is 2.04. The predicted molar refractivity (Wildman–Crippen MR) is 52.2 cm³/mol. The summed E-state index contributed by atoms with van der Waals surface area (Å²) in [5.41, 5.74) is 0. The average molecular weight is 300 g/mol. The minimum Gasteiger partial charge on any atom is -0.492 e. The lowest BCUT2D eigenvalue weighted by Gasteiger charge is -2.09. The minimum absolute atomic E-state index is 0.00106. The van der Waals surface area contributed by atoms with E-state index >= 15 is 0 Å². The van der Waals surface area contributed by atoms with E-state index in [0.717, 1.165) is 6.07 Å². The Labute approximate surface area is 88.0 Å². The van der Waals surface area contributed by atoms with Gasteiger partial charge >= 0.3 is 0 Å². The number of rotatable bonds is 2. The maximum atomic E-state index is 13.0. The zero-order valence-electron chi connectivity index (χ0n) is 7.03. The second kappa shape index (κ2) is 4.08. The van der Waals surface area contributed by atoms with E-state index in [9.17, 15) is 8.78 Å². The van der Waals surface area contributed by atoms with Gasteiger partial charge in [0, 0.05) is 6.07 Å². The van der Waals surface area contributed by atoms with Crippen LogP contribution in [0, 0.1) is 15.2 Å². The van der Waals surface area contributed by atoms with Gasteiger partial charge in [0.05, 0.1) is 14.2 Å². The molecule has 0 radical (unpaired) electrons. The molecule has 13 heavy (non-hydrogen) atoms. The van der Waals surface area contributed by atoms with Gasteiger partial charge in [-0.1, -0.05) is 0 Å². The maximum Gasteiger partial charge on any atom is 0.171 e. The van der Waals surface area contributed by atoms with E-state index in [1.807, 2.05) is 0 Å². The molecule has 72 valence electrons. The number of hydrogen-bond donors (Lipinski definition) is 0. The Balaban J connectivity index is 3.39. The summed E-state index contributed by atoms with van der Waals surface area (Å²) in [6, 6.07) is 0.736. The molecule has 5 heteroatoms. The molecule has 1 rings (SSSR count).